The highest BCUT2D eigenvalue weighted by Gasteiger charge is 2.44. The van der Waals surface area contributed by atoms with E-state index in [0.717, 1.165) is 17.9 Å². The molecule has 1 unspecified atom stereocenters. The van der Waals surface area contributed by atoms with Gasteiger partial charge in [-0.05, 0) is 30.5 Å². The molecule has 0 aliphatic heterocycles. The number of carbonyl (C=O) groups excluding carboxylic acids is 1. The Kier molecular flexibility index (Phi) is 3.93. The molecule has 1 aliphatic carbocycles. The van der Waals surface area contributed by atoms with Gasteiger partial charge in [-0.3, -0.25) is 4.79 Å². The molecule has 1 aromatic carbocycles. The van der Waals surface area contributed by atoms with Crippen LogP contribution in [-0.2, 0) is 10.2 Å². The molecule has 1 fully saturated rings. The van der Waals surface area contributed by atoms with E-state index in [0.29, 0.717) is 13.1 Å². The molecular formula is C14H19ClN2O. The van der Waals surface area contributed by atoms with E-state index in [-0.39, 0.29) is 17.2 Å². The van der Waals surface area contributed by atoms with Crippen LogP contribution in [0.1, 0.15) is 25.3 Å². The van der Waals surface area contributed by atoms with Gasteiger partial charge in [-0.15, -0.1) is 0 Å². The highest BCUT2D eigenvalue weighted by Crippen LogP contribution is 2.47. The first-order valence-electron chi connectivity index (χ1n) is 6.31. The maximum atomic E-state index is 11.7. The van der Waals surface area contributed by atoms with Gasteiger partial charge in [0.05, 0.1) is 0 Å². The van der Waals surface area contributed by atoms with Crippen LogP contribution >= 0.6 is 11.6 Å². The van der Waals surface area contributed by atoms with Crippen molar-refractivity contribution in [1.29, 1.82) is 0 Å². The van der Waals surface area contributed by atoms with Crippen molar-refractivity contribution >= 4 is 17.5 Å². The molecule has 0 bridgehead atoms. The summed E-state index contributed by atoms with van der Waals surface area (Å²) in [6.07, 6.45) is 2.23. The molecule has 1 aliphatic rings. The van der Waals surface area contributed by atoms with Gasteiger partial charge in [0.2, 0.25) is 5.91 Å². The second kappa shape index (κ2) is 5.29. The maximum absolute atomic E-state index is 11.7. The topological polar surface area (TPSA) is 55.1 Å². The molecule has 18 heavy (non-hydrogen) atoms. The number of carbonyl (C=O) groups is 1. The van der Waals surface area contributed by atoms with Crippen molar-refractivity contribution in [3.05, 3.63) is 34.9 Å². The SMILES string of the molecule is CC(CN)C(=O)NCC1(c2ccc(Cl)cc2)CC1. The summed E-state index contributed by atoms with van der Waals surface area (Å²) in [5, 5.41) is 3.74. The van der Waals surface area contributed by atoms with E-state index in [1.54, 1.807) is 0 Å². The van der Waals surface area contributed by atoms with Crippen molar-refractivity contribution in [3.63, 3.8) is 0 Å². The number of rotatable bonds is 5. The lowest BCUT2D eigenvalue weighted by Gasteiger charge is -2.18. The predicted octanol–water partition coefficient (Wildman–Crippen LogP) is 2.08. The van der Waals surface area contributed by atoms with Crippen LogP contribution < -0.4 is 11.1 Å². The standard InChI is InChI=1S/C14H19ClN2O/c1-10(8-16)13(18)17-9-14(6-7-14)11-2-4-12(15)5-3-11/h2-5,10H,6-9,16H2,1H3,(H,17,18). The molecular weight excluding hydrogens is 248 g/mol. The van der Waals surface area contributed by atoms with E-state index in [1.807, 2.05) is 31.2 Å². The highest BCUT2D eigenvalue weighted by molar-refractivity contribution is 6.30. The summed E-state index contributed by atoms with van der Waals surface area (Å²) in [6, 6.07) is 7.91. The number of hydrogen-bond donors (Lipinski definition) is 2. The first kappa shape index (κ1) is 13.4. The molecule has 3 nitrogen and oxygen atoms in total. The fourth-order valence-corrected chi connectivity index (χ4v) is 2.19. The quantitative estimate of drug-likeness (QED) is 0.857. The molecule has 0 saturated heterocycles. The molecule has 0 heterocycles. The highest BCUT2D eigenvalue weighted by atomic mass is 35.5. The van der Waals surface area contributed by atoms with Gasteiger partial charge in [0.1, 0.15) is 0 Å². The number of nitrogens with two attached hydrogens (primary N) is 1. The monoisotopic (exact) mass is 266 g/mol. The largest absolute Gasteiger partial charge is 0.355 e. The van der Waals surface area contributed by atoms with E-state index < -0.39 is 0 Å². The number of benzene rings is 1. The molecule has 1 aromatic rings. The van der Waals surface area contributed by atoms with Crippen LogP contribution in [0.5, 0.6) is 0 Å². The lowest BCUT2D eigenvalue weighted by atomic mass is 9.96. The summed E-state index contributed by atoms with van der Waals surface area (Å²) in [4.78, 5) is 11.7. The van der Waals surface area contributed by atoms with Gasteiger partial charge in [0.15, 0.2) is 0 Å². The summed E-state index contributed by atoms with van der Waals surface area (Å²) in [5.74, 6) is -0.0799. The molecule has 4 heteroatoms. The number of halogens is 1. The minimum Gasteiger partial charge on any atom is -0.355 e. The maximum Gasteiger partial charge on any atom is 0.224 e. The Morgan fingerprint density at radius 2 is 2.06 bits per heavy atom. The van der Waals surface area contributed by atoms with E-state index in [9.17, 15) is 4.79 Å². The summed E-state index contributed by atoms with van der Waals surface area (Å²) in [6.45, 7) is 2.93. The molecule has 98 valence electrons. The Hall–Kier alpha value is -1.06. The summed E-state index contributed by atoms with van der Waals surface area (Å²) < 4.78 is 0. The number of nitrogens with one attached hydrogen (secondary N) is 1. The van der Waals surface area contributed by atoms with Crippen LogP contribution in [0.2, 0.25) is 5.02 Å². The van der Waals surface area contributed by atoms with E-state index in [1.165, 1.54) is 5.56 Å². The normalized spacial score (nSPS) is 18.2. The Labute approximate surface area is 113 Å². The van der Waals surface area contributed by atoms with Crippen molar-refractivity contribution in [2.75, 3.05) is 13.1 Å². The van der Waals surface area contributed by atoms with Crippen molar-refractivity contribution in [3.8, 4) is 0 Å². The average Bonchev–Trinajstić information content (AvgIpc) is 3.17. The third-order valence-corrected chi connectivity index (χ3v) is 3.96. The predicted molar refractivity (Wildman–Crippen MR) is 73.6 cm³/mol. The molecule has 1 amide bonds. The Morgan fingerprint density at radius 1 is 1.44 bits per heavy atom. The van der Waals surface area contributed by atoms with Crippen molar-refractivity contribution in [2.45, 2.75) is 25.2 Å². The van der Waals surface area contributed by atoms with Gasteiger partial charge in [-0.25, -0.2) is 0 Å². The summed E-state index contributed by atoms with van der Waals surface area (Å²) in [5.41, 5.74) is 6.86. The van der Waals surface area contributed by atoms with Crippen LogP contribution in [0.3, 0.4) is 0 Å². The van der Waals surface area contributed by atoms with Gasteiger partial charge in [0, 0.05) is 29.4 Å². The van der Waals surface area contributed by atoms with Crippen LogP contribution in [-0.4, -0.2) is 19.0 Å². The molecule has 0 spiro atoms. The van der Waals surface area contributed by atoms with Gasteiger partial charge in [-0.1, -0.05) is 30.7 Å². The lowest BCUT2D eigenvalue weighted by molar-refractivity contribution is -0.124. The average molecular weight is 267 g/mol. The van der Waals surface area contributed by atoms with Crippen LogP contribution in [0.4, 0.5) is 0 Å². The second-order valence-corrected chi connectivity index (χ2v) is 5.58. The molecule has 2 rings (SSSR count). The van der Waals surface area contributed by atoms with Gasteiger partial charge >= 0.3 is 0 Å². The lowest BCUT2D eigenvalue weighted by Crippen LogP contribution is -2.38. The zero-order valence-electron chi connectivity index (χ0n) is 10.6. The van der Waals surface area contributed by atoms with E-state index in [4.69, 9.17) is 17.3 Å². The van der Waals surface area contributed by atoms with E-state index in [2.05, 4.69) is 5.32 Å². The second-order valence-electron chi connectivity index (χ2n) is 5.14. The third kappa shape index (κ3) is 2.85. The Morgan fingerprint density at radius 3 is 2.56 bits per heavy atom. The molecule has 1 saturated carbocycles. The molecule has 0 radical (unpaired) electrons. The van der Waals surface area contributed by atoms with Crippen LogP contribution in [0, 0.1) is 5.92 Å². The molecule has 1 atom stereocenters. The number of amides is 1. The Balaban J connectivity index is 1.96. The van der Waals surface area contributed by atoms with Gasteiger partial charge in [-0.2, -0.15) is 0 Å². The Bertz CT molecular complexity index is 426. The summed E-state index contributed by atoms with van der Waals surface area (Å²) in [7, 11) is 0. The minimum atomic E-state index is -0.119. The smallest absolute Gasteiger partial charge is 0.224 e. The zero-order chi connectivity index (χ0) is 13.2. The molecule has 0 aromatic heterocycles. The summed E-state index contributed by atoms with van der Waals surface area (Å²) >= 11 is 5.89. The van der Waals surface area contributed by atoms with E-state index >= 15 is 0 Å². The van der Waals surface area contributed by atoms with Crippen molar-refractivity contribution in [1.82, 2.24) is 5.32 Å². The van der Waals surface area contributed by atoms with Crippen LogP contribution in [0.15, 0.2) is 24.3 Å². The van der Waals surface area contributed by atoms with Crippen molar-refractivity contribution in [2.24, 2.45) is 11.7 Å². The first-order valence-corrected chi connectivity index (χ1v) is 6.69. The van der Waals surface area contributed by atoms with Gasteiger partial charge in [0.25, 0.3) is 0 Å². The fraction of sp³-hybridized carbons (Fsp3) is 0.500. The first-order chi connectivity index (χ1) is 8.57. The number of hydrogen-bond acceptors (Lipinski definition) is 2. The fourth-order valence-electron chi connectivity index (χ4n) is 2.06. The minimum absolute atomic E-state index is 0.0396. The third-order valence-electron chi connectivity index (χ3n) is 3.71. The molecule has 3 N–H and O–H groups in total. The van der Waals surface area contributed by atoms with Gasteiger partial charge < -0.3 is 11.1 Å². The zero-order valence-corrected chi connectivity index (χ0v) is 11.3. The van der Waals surface area contributed by atoms with Crippen molar-refractivity contribution < 1.29 is 4.79 Å². The van der Waals surface area contributed by atoms with Crippen LogP contribution in [0.25, 0.3) is 0 Å².